The van der Waals surface area contributed by atoms with Gasteiger partial charge >= 0.3 is 21.1 Å². The first kappa shape index (κ1) is 18.4. The molecule has 0 aliphatic rings. The van der Waals surface area contributed by atoms with Gasteiger partial charge in [0.2, 0.25) is 0 Å². The van der Waals surface area contributed by atoms with Crippen molar-refractivity contribution in [2.75, 3.05) is 0 Å². The summed E-state index contributed by atoms with van der Waals surface area (Å²) in [5.74, 6) is 0. The zero-order chi connectivity index (χ0) is 19.7. The molecule has 3 heterocycles. The van der Waals surface area contributed by atoms with Crippen LogP contribution in [0.4, 0.5) is 0 Å². The molecule has 0 amide bonds. The molecule has 0 N–H and O–H groups in total. The third-order valence-electron chi connectivity index (χ3n) is 5.93. The molecule has 0 atom stereocenters. The molecular formula is C28H14N2Pt. The van der Waals surface area contributed by atoms with Gasteiger partial charge in [-0.05, 0) is 16.2 Å². The van der Waals surface area contributed by atoms with E-state index in [0.29, 0.717) is 0 Å². The third kappa shape index (κ3) is 2.76. The van der Waals surface area contributed by atoms with Crippen LogP contribution in [0, 0.1) is 12.1 Å². The van der Waals surface area contributed by atoms with Crippen molar-refractivity contribution in [1.29, 1.82) is 0 Å². The summed E-state index contributed by atoms with van der Waals surface area (Å²) in [5.41, 5.74) is 3.80. The minimum absolute atomic E-state index is 0. The first-order chi connectivity index (χ1) is 14.8. The first-order valence-corrected chi connectivity index (χ1v) is 10.0. The number of aromatic nitrogens is 2. The van der Waals surface area contributed by atoms with Crippen LogP contribution in [0.1, 0.15) is 0 Å². The fourth-order valence-corrected chi connectivity index (χ4v) is 4.43. The predicted octanol–water partition coefficient (Wildman–Crippen LogP) is 6.99. The van der Waals surface area contributed by atoms with Crippen molar-refractivity contribution in [2.45, 2.75) is 0 Å². The maximum absolute atomic E-state index is 5.10. The van der Waals surface area contributed by atoms with E-state index in [0.717, 1.165) is 65.2 Å². The van der Waals surface area contributed by atoms with Gasteiger partial charge in [0.05, 0.1) is 11.0 Å². The number of hydrogen-bond acceptors (Lipinski definition) is 2. The summed E-state index contributed by atoms with van der Waals surface area (Å²) in [6.07, 6.45) is 0. The second kappa shape index (κ2) is 6.83. The minimum atomic E-state index is 0. The van der Waals surface area contributed by atoms with E-state index < -0.39 is 0 Å². The zero-order valence-electron chi connectivity index (χ0n) is 16.3. The summed E-state index contributed by atoms with van der Waals surface area (Å²) >= 11 is 0. The predicted molar refractivity (Wildman–Crippen MR) is 125 cm³/mol. The first-order valence-electron chi connectivity index (χ1n) is 10.0. The molecule has 0 spiro atoms. The van der Waals surface area contributed by atoms with E-state index in [-0.39, 0.29) is 21.1 Å². The van der Waals surface area contributed by atoms with Crippen molar-refractivity contribution in [3.8, 4) is 0 Å². The SMILES string of the molecule is [Pt+2].[c-]1c2cccc1c1ccc3ccc4ccc5ccc(nc5c4c3n1)c1[c-]c2ccc1. The molecule has 0 radical (unpaired) electrons. The fraction of sp³-hybridized carbons (Fsp3) is 0. The topological polar surface area (TPSA) is 25.8 Å². The Morgan fingerprint density at radius 2 is 0.871 bits per heavy atom. The normalized spacial score (nSPS) is 11.6. The molecule has 0 unspecified atom stereocenters. The molecule has 4 aromatic carbocycles. The maximum atomic E-state index is 5.10. The molecular weight excluding hydrogens is 559 g/mol. The number of nitrogens with zero attached hydrogens (tertiary/aromatic N) is 2. The Bertz CT molecular complexity index is 1670. The van der Waals surface area contributed by atoms with Crippen molar-refractivity contribution in [2.24, 2.45) is 0 Å². The van der Waals surface area contributed by atoms with Gasteiger partial charge in [-0.15, -0.1) is 35.0 Å². The van der Waals surface area contributed by atoms with E-state index in [1.165, 1.54) is 0 Å². The van der Waals surface area contributed by atoms with Gasteiger partial charge < -0.3 is 0 Å². The standard InChI is InChI=1S/C28H14N2.Pt/c1-3-20-15-22(5-1)24-13-11-18-9-7-17-8-10-19-12-14-25(23-6-2-4-21(20)16-23)30-28(19)26(17)27(18)29-24;/h1-14H;/q-2;+2. The number of fused-ring (bicyclic) bond motifs is 9. The van der Waals surface area contributed by atoms with E-state index in [2.05, 4.69) is 97.1 Å². The number of pyridine rings is 2. The molecule has 3 heteroatoms. The van der Waals surface area contributed by atoms with Gasteiger partial charge in [-0.3, -0.25) is 9.97 Å². The summed E-state index contributed by atoms with van der Waals surface area (Å²) < 4.78 is 0. The Balaban J connectivity index is 0.00000185. The summed E-state index contributed by atoms with van der Waals surface area (Å²) in [4.78, 5) is 10.2. The van der Waals surface area contributed by atoms with Crippen LogP contribution in [0.2, 0.25) is 0 Å². The Morgan fingerprint density at radius 1 is 0.452 bits per heavy atom. The fourth-order valence-electron chi connectivity index (χ4n) is 4.43. The van der Waals surface area contributed by atoms with Crippen LogP contribution in [0.5, 0.6) is 0 Å². The molecule has 0 aliphatic carbocycles. The van der Waals surface area contributed by atoms with Gasteiger partial charge in [0.1, 0.15) is 0 Å². The minimum Gasteiger partial charge on any atom is -0.286 e. The van der Waals surface area contributed by atoms with Crippen molar-refractivity contribution in [3.05, 3.63) is 97.1 Å². The molecule has 0 fully saturated rings. The van der Waals surface area contributed by atoms with Gasteiger partial charge in [-0.25, -0.2) is 0 Å². The molecule has 7 aromatic rings. The van der Waals surface area contributed by atoms with Crippen LogP contribution in [0.3, 0.4) is 0 Å². The van der Waals surface area contributed by atoms with Gasteiger partial charge in [0.25, 0.3) is 0 Å². The van der Waals surface area contributed by atoms with Crippen LogP contribution in [0.25, 0.3) is 65.2 Å². The van der Waals surface area contributed by atoms with Gasteiger partial charge in [0, 0.05) is 16.4 Å². The second-order valence-electron chi connectivity index (χ2n) is 7.72. The zero-order valence-corrected chi connectivity index (χ0v) is 18.6. The average molecular weight is 574 g/mol. The smallest absolute Gasteiger partial charge is 0.286 e. The maximum Gasteiger partial charge on any atom is 2.00 e. The number of benzene rings is 4. The van der Waals surface area contributed by atoms with Crippen molar-refractivity contribution in [3.63, 3.8) is 0 Å². The molecule has 0 saturated heterocycles. The number of rotatable bonds is 0. The van der Waals surface area contributed by atoms with Crippen LogP contribution in [-0.4, -0.2) is 9.97 Å². The molecule has 8 bridgehead atoms. The van der Waals surface area contributed by atoms with E-state index in [9.17, 15) is 0 Å². The Hall–Kier alpha value is -3.35. The van der Waals surface area contributed by atoms with Crippen molar-refractivity contribution >= 4 is 65.2 Å². The molecule has 3 aromatic heterocycles. The van der Waals surface area contributed by atoms with Crippen molar-refractivity contribution in [1.82, 2.24) is 9.97 Å². The van der Waals surface area contributed by atoms with Gasteiger partial charge in [-0.1, -0.05) is 48.5 Å². The van der Waals surface area contributed by atoms with E-state index in [1.54, 1.807) is 0 Å². The molecule has 146 valence electrons. The van der Waals surface area contributed by atoms with E-state index in [1.807, 2.05) is 0 Å². The van der Waals surface area contributed by atoms with Crippen LogP contribution in [0.15, 0.2) is 84.9 Å². The third-order valence-corrected chi connectivity index (χ3v) is 5.93. The summed E-state index contributed by atoms with van der Waals surface area (Å²) in [5, 5.41) is 8.45. The molecule has 0 saturated carbocycles. The van der Waals surface area contributed by atoms with E-state index >= 15 is 0 Å². The quantitative estimate of drug-likeness (QED) is 0.144. The Labute approximate surface area is 192 Å². The van der Waals surface area contributed by atoms with Crippen molar-refractivity contribution < 1.29 is 21.1 Å². The monoisotopic (exact) mass is 573 g/mol. The second-order valence-corrected chi connectivity index (χ2v) is 7.72. The molecule has 2 nitrogen and oxygen atoms in total. The largest absolute Gasteiger partial charge is 2.00 e. The molecule has 7 rings (SSSR count). The molecule has 31 heavy (non-hydrogen) atoms. The van der Waals surface area contributed by atoms with Crippen LogP contribution >= 0.6 is 0 Å². The average Bonchev–Trinajstić information content (AvgIpc) is 2.82. The van der Waals surface area contributed by atoms with Gasteiger partial charge in [-0.2, -0.15) is 35.0 Å². The Morgan fingerprint density at radius 3 is 1.39 bits per heavy atom. The van der Waals surface area contributed by atoms with E-state index in [4.69, 9.17) is 9.97 Å². The van der Waals surface area contributed by atoms with Gasteiger partial charge in [0.15, 0.2) is 0 Å². The summed E-state index contributed by atoms with van der Waals surface area (Å²) in [6.45, 7) is 0. The summed E-state index contributed by atoms with van der Waals surface area (Å²) in [6, 6.07) is 36.5. The summed E-state index contributed by atoms with van der Waals surface area (Å²) in [7, 11) is 0. The molecule has 0 aliphatic heterocycles. The number of hydrogen-bond donors (Lipinski definition) is 0. The van der Waals surface area contributed by atoms with Crippen LogP contribution in [-0.2, 0) is 21.1 Å². The van der Waals surface area contributed by atoms with Crippen LogP contribution < -0.4 is 0 Å². The Kier molecular flexibility index (Phi) is 4.06.